The fraction of sp³-hybridized carbons (Fsp3) is 0.438. The average molecular weight is 289 g/mol. The van der Waals surface area contributed by atoms with E-state index in [1.807, 2.05) is 24.3 Å². The molecule has 0 aliphatic rings. The molecule has 0 aliphatic carbocycles. The number of hydrogen-bond donors (Lipinski definition) is 1. The van der Waals surface area contributed by atoms with Crippen LogP contribution in [0.25, 0.3) is 0 Å². The Hall–Kier alpha value is -1.85. The number of likely N-dealkylation sites (N-methyl/N-ethyl adjacent to an activating group) is 1. The molecule has 114 valence electrons. The van der Waals surface area contributed by atoms with Gasteiger partial charge in [0, 0.05) is 18.7 Å². The molecule has 1 heterocycles. The quantitative estimate of drug-likeness (QED) is 0.846. The second-order valence-electron chi connectivity index (χ2n) is 5.27. The normalized spacial score (nSPS) is 12.6. The van der Waals surface area contributed by atoms with Crippen LogP contribution in [0.15, 0.2) is 34.9 Å². The lowest BCUT2D eigenvalue weighted by molar-refractivity contribution is 0.216. The van der Waals surface area contributed by atoms with Gasteiger partial charge in [0.25, 0.3) is 0 Å². The van der Waals surface area contributed by atoms with E-state index in [2.05, 4.69) is 30.1 Å². The second-order valence-corrected chi connectivity index (χ2v) is 5.27. The zero-order chi connectivity index (χ0) is 15.2. The first kappa shape index (κ1) is 15.5. The van der Waals surface area contributed by atoms with Crippen LogP contribution in [0.1, 0.15) is 23.9 Å². The largest absolute Gasteiger partial charge is 0.496 e. The van der Waals surface area contributed by atoms with E-state index < -0.39 is 0 Å². The Morgan fingerprint density at radius 1 is 1.38 bits per heavy atom. The molecule has 2 N–H and O–H groups in total. The first-order chi connectivity index (χ1) is 10.1. The maximum Gasteiger partial charge on any atom is 0.151 e. The van der Waals surface area contributed by atoms with Crippen molar-refractivity contribution in [3.63, 3.8) is 0 Å². The van der Waals surface area contributed by atoms with Gasteiger partial charge in [0.2, 0.25) is 0 Å². The third-order valence-corrected chi connectivity index (χ3v) is 3.68. The summed E-state index contributed by atoms with van der Waals surface area (Å²) in [6, 6.07) is 10.4. The fourth-order valence-electron chi connectivity index (χ4n) is 2.27. The van der Waals surface area contributed by atoms with Crippen LogP contribution in [0.4, 0.5) is 0 Å². The summed E-state index contributed by atoms with van der Waals surface area (Å²) in [4.78, 5) is 2.23. The monoisotopic (exact) mass is 289 g/mol. The summed E-state index contributed by atoms with van der Waals surface area (Å²) < 4.78 is 10.7. The van der Waals surface area contributed by atoms with Crippen molar-refractivity contribution < 1.29 is 9.26 Å². The lowest BCUT2D eigenvalue weighted by atomic mass is 10.1. The summed E-state index contributed by atoms with van der Waals surface area (Å²) in [5, 5.41) is 3.91. The Balaban J connectivity index is 1.97. The van der Waals surface area contributed by atoms with Crippen molar-refractivity contribution in [2.45, 2.75) is 32.5 Å². The minimum atomic E-state index is 0.354. The van der Waals surface area contributed by atoms with Crippen molar-refractivity contribution in [3.05, 3.63) is 47.3 Å². The highest BCUT2D eigenvalue weighted by Gasteiger charge is 2.15. The predicted molar refractivity (Wildman–Crippen MR) is 82.0 cm³/mol. The number of nitrogens with zero attached hydrogens (tertiary/aromatic N) is 2. The number of nitrogens with two attached hydrogens (primary N) is 1. The molecule has 2 rings (SSSR count). The standard InChI is InChI=1S/C16H23N3O2/c1-12(8-13-6-4-5-7-16(13)20-3)19(2)11-15-9-14(10-17)18-21-15/h4-7,9,12H,8,10-11,17H2,1-3H3. The number of benzene rings is 1. The highest BCUT2D eigenvalue weighted by atomic mass is 16.5. The van der Waals surface area contributed by atoms with Crippen LogP contribution in [0.5, 0.6) is 5.75 Å². The summed E-state index contributed by atoms with van der Waals surface area (Å²) in [6.07, 6.45) is 0.915. The molecule has 5 nitrogen and oxygen atoms in total. The SMILES string of the molecule is COc1ccccc1CC(C)N(C)Cc1cc(CN)no1. The summed E-state index contributed by atoms with van der Waals surface area (Å²) >= 11 is 0. The smallest absolute Gasteiger partial charge is 0.151 e. The summed E-state index contributed by atoms with van der Waals surface area (Å²) in [7, 11) is 3.78. The zero-order valence-electron chi connectivity index (χ0n) is 12.9. The Labute approximate surface area is 125 Å². The van der Waals surface area contributed by atoms with Crippen LogP contribution < -0.4 is 10.5 Å². The van der Waals surface area contributed by atoms with Crippen molar-refractivity contribution in [2.24, 2.45) is 5.73 Å². The van der Waals surface area contributed by atoms with Crippen LogP contribution in [0.2, 0.25) is 0 Å². The molecule has 0 radical (unpaired) electrons. The first-order valence-electron chi connectivity index (χ1n) is 7.10. The predicted octanol–water partition coefficient (Wildman–Crippen LogP) is 2.20. The molecule has 1 aromatic carbocycles. The number of hydrogen-bond acceptors (Lipinski definition) is 5. The first-order valence-corrected chi connectivity index (χ1v) is 7.10. The Kier molecular flexibility index (Phi) is 5.36. The lowest BCUT2D eigenvalue weighted by Gasteiger charge is -2.24. The zero-order valence-corrected chi connectivity index (χ0v) is 12.9. The topological polar surface area (TPSA) is 64.5 Å². The molecule has 0 spiro atoms. The summed E-state index contributed by atoms with van der Waals surface area (Å²) in [5.41, 5.74) is 7.53. The third kappa shape index (κ3) is 4.06. The van der Waals surface area contributed by atoms with Gasteiger partial charge < -0.3 is 15.0 Å². The molecule has 21 heavy (non-hydrogen) atoms. The van der Waals surface area contributed by atoms with Gasteiger partial charge in [0.1, 0.15) is 5.75 Å². The van der Waals surface area contributed by atoms with E-state index in [1.54, 1.807) is 7.11 Å². The number of rotatable bonds is 7. The highest BCUT2D eigenvalue weighted by Crippen LogP contribution is 2.20. The molecule has 0 aliphatic heterocycles. The molecule has 5 heteroatoms. The van der Waals surface area contributed by atoms with Gasteiger partial charge in [-0.2, -0.15) is 0 Å². The molecule has 0 saturated carbocycles. The van der Waals surface area contributed by atoms with E-state index in [4.69, 9.17) is 15.0 Å². The number of para-hydroxylation sites is 1. The van der Waals surface area contributed by atoms with Crippen molar-refractivity contribution >= 4 is 0 Å². The van der Waals surface area contributed by atoms with Crippen molar-refractivity contribution in [2.75, 3.05) is 14.2 Å². The molecule has 0 saturated heterocycles. The number of aromatic nitrogens is 1. The van der Waals surface area contributed by atoms with Gasteiger partial charge in [-0.15, -0.1) is 0 Å². The third-order valence-electron chi connectivity index (χ3n) is 3.68. The van der Waals surface area contributed by atoms with E-state index in [-0.39, 0.29) is 0 Å². The van der Waals surface area contributed by atoms with Gasteiger partial charge in [0.05, 0.1) is 19.3 Å². The van der Waals surface area contributed by atoms with E-state index in [0.717, 1.165) is 23.6 Å². The maximum atomic E-state index is 5.54. The van der Waals surface area contributed by atoms with Gasteiger partial charge in [-0.25, -0.2) is 0 Å². The molecule has 0 fully saturated rings. The van der Waals surface area contributed by atoms with Gasteiger partial charge in [0.15, 0.2) is 5.76 Å². The fourth-order valence-corrected chi connectivity index (χ4v) is 2.27. The molecule has 0 amide bonds. The highest BCUT2D eigenvalue weighted by molar-refractivity contribution is 5.33. The van der Waals surface area contributed by atoms with Crippen LogP contribution >= 0.6 is 0 Å². The van der Waals surface area contributed by atoms with Crippen LogP contribution in [0.3, 0.4) is 0 Å². The van der Waals surface area contributed by atoms with Crippen LogP contribution in [0, 0.1) is 0 Å². The van der Waals surface area contributed by atoms with E-state index in [0.29, 0.717) is 19.1 Å². The maximum absolute atomic E-state index is 5.54. The molecule has 2 aromatic rings. The Bertz CT molecular complexity index is 568. The van der Waals surface area contributed by atoms with Gasteiger partial charge in [-0.3, -0.25) is 4.90 Å². The van der Waals surface area contributed by atoms with E-state index in [9.17, 15) is 0 Å². The average Bonchev–Trinajstić information content (AvgIpc) is 2.95. The molecular weight excluding hydrogens is 266 g/mol. The van der Waals surface area contributed by atoms with Crippen molar-refractivity contribution in [1.29, 1.82) is 0 Å². The Morgan fingerprint density at radius 3 is 2.81 bits per heavy atom. The number of methoxy groups -OCH3 is 1. The van der Waals surface area contributed by atoms with Gasteiger partial charge in [-0.05, 0) is 32.0 Å². The van der Waals surface area contributed by atoms with E-state index >= 15 is 0 Å². The van der Waals surface area contributed by atoms with Gasteiger partial charge >= 0.3 is 0 Å². The van der Waals surface area contributed by atoms with Crippen molar-refractivity contribution in [3.8, 4) is 5.75 Å². The minimum Gasteiger partial charge on any atom is -0.496 e. The lowest BCUT2D eigenvalue weighted by Crippen LogP contribution is -2.30. The molecule has 0 bridgehead atoms. The van der Waals surface area contributed by atoms with Crippen molar-refractivity contribution in [1.82, 2.24) is 10.1 Å². The Morgan fingerprint density at radius 2 is 2.14 bits per heavy atom. The molecule has 1 unspecified atom stereocenters. The molecule has 1 aromatic heterocycles. The number of ether oxygens (including phenoxy) is 1. The molecular formula is C16H23N3O2. The summed E-state index contributed by atoms with van der Waals surface area (Å²) in [6.45, 7) is 3.31. The minimum absolute atomic E-state index is 0.354. The summed E-state index contributed by atoms with van der Waals surface area (Å²) in [5.74, 6) is 1.77. The molecule has 1 atom stereocenters. The van der Waals surface area contributed by atoms with Crippen LogP contribution in [-0.4, -0.2) is 30.3 Å². The van der Waals surface area contributed by atoms with E-state index in [1.165, 1.54) is 5.56 Å². The second kappa shape index (κ2) is 7.24. The van der Waals surface area contributed by atoms with Gasteiger partial charge in [-0.1, -0.05) is 23.4 Å². The van der Waals surface area contributed by atoms with Crippen LogP contribution in [-0.2, 0) is 19.5 Å².